The number of hydrogen-bond donors (Lipinski definition) is 1. The fourth-order valence-electron chi connectivity index (χ4n) is 2.83. The van der Waals surface area contributed by atoms with Crippen LogP contribution in [-0.4, -0.2) is 44.7 Å². The number of sulfonamides is 1. The predicted molar refractivity (Wildman–Crippen MR) is 108 cm³/mol. The van der Waals surface area contributed by atoms with E-state index in [2.05, 4.69) is 9.62 Å². The molecule has 2 rings (SSSR count). The van der Waals surface area contributed by atoms with Gasteiger partial charge in [-0.15, -0.1) is 0 Å². The van der Waals surface area contributed by atoms with Crippen molar-refractivity contribution in [2.75, 3.05) is 24.1 Å². The zero-order chi connectivity index (χ0) is 20.0. The number of ether oxygens (including phenoxy) is 1. The average molecular weight is 391 g/mol. The number of benzene rings is 2. The van der Waals surface area contributed by atoms with Crippen LogP contribution in [-0.2, 0) is 10.0 Å². The molecule has 6 nitrogen and oxygen atoms in total. The number of anilines is 1. The molecule has 0 heterocycles. The van der Waals surface area contributed by atoms with Crippen molar-refractivity contribution in [1.29, 1.82) is 0 Å². The highest BCUT2D eigenvalue weighted by Crippen LogP contribution is 2.27. The van der Waals surface area contributed by atoms with Crippen LogP contribution in [0.2, 0.25) is 0 Å². The maximum atomic E-state index is 13.0. The summed E-state index contributed by atoms with van der Waals surface area (Å²) in [7, 11) is -3.45. The Hall–Kier alpha value is -2.38. The molecule has 0 bridgehead atoms. The second kappa shape index (κ2) is 9.01. The first kappa shape index (κ1) is 20.9. The molecule has 0 aromatic heterocycles. The van der Waals surface area contributed by atoms with E-state index in [1.807, 2.05) is 26.8 Å². The number of carbonyl (C=O) groups excluding carboxylic acids is 1. The molecule has 2 aromatic rings. The minimum atomic E-state index is -3.45. The molecule has 1 N–H and O–H groups in total. The van der Waals surface area contributed by atoms with Gasteiger partial charge in [-0.3, -0.25) is 14.4 Å². The fraction of sp³-hybridized carbons (Fsp3) is 0.350. The van der Waals surface area contributed by atoms with E-state index in [0.29, 0.717) is 22.6 Å². The SMILES string of the molecule is CCN(CC)C(C)Oc1ccc(NS(C)(=O)=O)cc1C(=O)c1ccccc1. The van der Waals surface area contributed by atoms with Gasteiger partial charge in [0.1, 0.15) is 12.0 Å². The van der Waals surface area contributed by atoms with Crippen LogP contribution >= 0.6 is 0 Å². The van der Waals surface area contributed by atoms with Gasteiger partial charge < -0.3 is 4.74 Å². The summed E-state index contributed by atoms with van der Waals surface area (Å²) < 4.78 is 31.5. The zero-order valence-electron chi connectivity index (χ0n) is 16.1. The predicted octanol–water partition coefficient (Wildman–Crippen LogP) is 3.36. The molecule has 0 aliphatic heterocycles. The molecule has 146 valence electrons. The normalized spacial score (nSPS) is 12.6. The van der Waals surface area contributed by atoms with Gasteiger partial charge in [0.25, 0.3) is 0 Å². The van der Waals surface area contributed by atoms with Crippen LogP contribution in [0.4, 0.5) is 5.69 Å². The first-order valence-electron chi connectivity index (χ1n) is 8.87. The largest absolute Gasteiger partial charge is 0.475 e. The van der Waals surface area contributed by atoms with Crippen molar-refractivity contribution in [2.45, 2.75) is 27.0 Å². The molecule has 0 radical (unpaired) electrons. The van der Waals surface area contributed by atoms with Gasteiger partial charge in [-0.25, -0.2) is 8.42 Å². The van der Waals surface area contributed by atoms with Gasteiger partial charge >= 0.3 is 0 Å². The van der Waals surface area contributed by atoms with Crippen molar-refractivity contribution in [3.63, 3.8) is 0 Å². The van der Waals surface area contributed by atoms with E-state index in [4.69, 9.17) is 4.74 Å². The van der Waals surface area contributed by atoms with E-state index in [1.165, 1.54) is 6.07 Å². The van der Waals surface area contributed by atoms with Gasteiger partial charge in [-0.1, -0.05) is 44.2 Å². The summed E-state index contributed by atoms with van der Waals surface area (Å²) >= 11 is 0. The van der Waals surface area contributed by atoms with Crippen molar-refractivity contribution in [2.24, 2.45) is 0 Å². The topological polar surface area (TPSA) is 75.7 Å². The molecule has 0 spiro atoms. The van der Waals surface area contributed by atoms with Gasteiger partial charge in [-0.2, -0.15) is 0 Å². The van der Waals surface area contributed by atoms with E-state index in [9.17, 15) is 13.2 Å². The molecule has 27 heavy (non-hydrogen) atoms. The number of carbonyl (C=O) groups is 1. The number of rotatable bonds is 9. The monoisotopic (exact) mass is 390 g/mol. The Balaban J connectivity index is 2.44. The Morgan fingerprint density at radius 3 is 2.30 bits per heavy atom. The minimum Gasteiger partial charge on any atom is -0.475 e. The number of ketones is 1. The molecule has 7 heteroatoms. The molecule has 0 aliphatic carbocycles. The lowest BCUT2D eigenvalue weighted by molar-refractivity contribution is 0.0472. The van der Waals surface area contributed by atoms with E-state index in [-0.39, 0.29) is 12.0 Å². The average Bonchev–Trinajstić information content (AvgIpc) is 2.63. The molecule has 0 aliphatic rings. The Morgan fingerprint density at radius 1 is 1.11 bits per heavy atom. The second-order valence-corrected chi connectivity index (χ2v) is 7.97. The Morgan fingerprint density at radius 2 is 1.74 bits per heavy atom. The van der Waals surface area contributed by atoms with Crippen molar-refractivity contribution >= 4 is 21.5 Å². The van der Waals surface area contributed by atoms with Crippen LogP contribution in [0, 0.1) is 0 Å². The van der Waals surface area contributed by atoms with E-state index >= 15 is 0 Å². The quantitative estimate of drug-likeness (QED) is 0.525. The summed E-state index contributed by atoms with van der Waals surface area (Å²) in [6, 6.07) is 13.6. The van der Waals surface area contributed by atoms with Crippen LogP contribution in [0.3, 0.4) is 0 Å². The van der Waals surface area contributed by atoms with Crippen LogP contribution in [0.15, 0.2) is 48.5 Å². The second-order valence-electron chi connectivity index (χ2n) is 6.22. The minimum absolute atomic E-state index is 0.226. The van der Waals surface area contributed by atoms with E-state index in [0.717, 1.165) is 19.3 Å². The molecule has 2 aromatic carbocycles. The lowest BCUT2D eigenvalue weighted by atomic mass is 10.0. The molecule has 0 saturated carbocycles. The van der Waals surface area contributed by atoms with Gasteiger partial charge in [0.15, 0.2) is 5.78 Å². The Kier molecular flexibility index (Phi) is 6.98. The summed E-state index contributed by atoms with van der Waals surface area (Å²) in [4.78, 5) is 15.1. The van der Waals surface area contributed by atoms with Crippen molar-refractivity contribution in [1.82, 2.24) is 4.90 Å². The van der Waals surface area contributed by atoms with Crippen LogP contribution in [0.25, 0.3) is 0 Å². The molecular formula is C20H26N2O4S. The van der Waals surface area contributed by atoms with Crippen LogP contribution in [0.1, 0.15) is 36.7 Å². The Bertz CT molecular complexity index is 878. The highest BCUT2D eigenvalue weighted by atomic mass is 32.2. The molecular weight excluding hydrogens is 364 g/mol. The van der Waals surface area contributed by atoms with Crippen LogP contribution in [0.5, 0.6) is 5.75 Å². The van der Waals surface area contributed by atoms with E-state index < -0.39 is 10.0 Å². The van der Waals surface area contributed by atoms with Crippen molar-refractivity contribution in [3.8, 4) is 5.75 Å². The zero-order valence-corrected chi connectivity index (χ0v) is 16.9. The highest BCUT2D eigenvalue weighted by Gasteiger charge is 2.20. The fourth-order valence-corrected chi connectivity index (χ4v) is 3.38. The summed E-state index contributed by atoms with van der Waals surface area (Å²) in [6.07, 6.45) is 0.842. The highest BCUT2D eigenvalue weighted by molar-refractivity contribution is 7.92. The third-order valence-electron chi connectivity index (χ3n) is 4.19. The van der Waals surface area contributed by atoms with Crippen LogP contribution < -0.4 is 9.46 Å². The van der Waals surface area contributed by atoms with Gasteiger partial charge in [0.05, 0.1) is 11.8 Å². The number of nitrogens with one attached hydrogen (secondary N) is 1. The Labute approximate surface area is 161 Å². The molecule has 1 atom stereocenters. The molecule has 0 saturated heterocycles. The summed E-state index contributed by atoms with van der Waals surface area (Å²) in [5.41, 5.74) is 1.14. The first-order chi connectivity index (χ1) is 12.7. The third kappa shape index (κ3) is 5.80. The number of nitrogens with zero attached hydrogens (tertiary/aromatic N) is 1. The summed E-state index contributed by atoms with van der Waals surface area (Å²) in [6.45, 7) is 7.63. The van der Waals surface area contributed by atoms with Gasteiger partial charge in [0, 0.05) is 11.3 Å². The molecule has 1 unspecified atom stereocenters. The summed E-state index contributed by atoms with van der Waals surface area (Å²) in [5, 5.41) is 0. The molecule has 0 fully saturated rings. The lowest BCUT2D eigenvalue weighted by Gasteiger charge is -2.27. The first-order valence-corrected chi connectivity index (χ1v) is 10.8. The van der Waals surface area contributed by atoms with Crippen molar-refractivity contribution < 1.29 is 17.9 Å². The third-order valence-corrected chi connectivity index (χ3v) is 4.79. The van der Waals surface area contributed by atoms with Crippen molar-refractivity contribution in [3.05, 3.63) is 59.7 Å². The standard InChI is InChI=1S/C20H26N2O4S/c1-5-22(6-2)15(3)26-19-13-12-17(21-27(4,24)25)14-18(19)20(23)16-10-8-7-9-11-16/h7-15,21H,5-6H2,1-4H3. The maximum absolute atomic E-state index is 13.0. The number of hydrogen-bond acceptors (Lipinski definition) is 5. The lowest BCUT2D eigenvalue weighted by Crippen LogP contribution is -2.37. The molecule has 0 amide bonds. The smallest absolute Gasteiger partial charge is 0.229 e. The van der Waals surface area contributed by atoms with Gasteiger partial charge in [0.2, 0.25) is 10.0 Å². The summed E-state index contributed by atoms with van der Waals surface area (Å²) in [5.74, 6) is 0.191. The van der Waals surface area contributed by atoms with Gasteiger partial charge in [-0.05, 0) is 38.2 Å². The maximum Gasteiger partial charge on any atom is 0.229 e. The van der Waals surface area contributed by atoms with E-state index in [1.54, 1.807) is 36.4 Å².